The fourth-order valence-corrected chi connectivity index (χ4v) is 3.84. The quantitative estimate of drug-likeness (QED) is 0.597. The highest BCUT2D eigenvalue weighted by Gasteiger charge is 2.14. The van der Waals surface area contributed by atoms with E-state index in [4.69, 9.17) is 0 Å². The minimum atomic E-state index is 0.231. The third-order valence-electron chi connectivity index (χ3n) is 4.11. The minimum absolute atomic E-state index is 0.231. The number of aryl methyl sites for hydroxylation is 4. The smallest absolute Gasteiger partial charge is 0.173 e. The van der Waals surface area contributed by atoms with Crippen molar-refractivity contribution in [3.8, 4) is 0 Å². The molecule has 2 aromatic rings. The summed E-state index contributed by atoms with van der Waals surface area (Å²) in [5.74, 6) is 0.748. The van der Waals surface area contributed by atoms with Gasteiger partial charge in [-0.2, -0.15) is 0 Å². The van der Waals surface area contributed by atoms with Gasteiger partial charge >= 0.3 is 0 Å². The van der Waals surface area contributed by atoms with E-state index in [1.54, 1.807) is 11.8 Å². The lowest BCUT2D eigenvalue weighted by molar-refractivity contribution is 0.102. The van der Waals surface area contributed by atoms with E-state index in [0.29, 0.717) is 5.75 Å². The summed E-state index contributed by atoms with van der Waals surface area (Å²) in [4.78, 5) is 13.6. The van der Waals surface area contributed by atoms with Crippen LogP contribution >= 0.6 is 11.8 Å². The van der Waals surface area contributed by atoms with E-state index in [2.05, 4.69) is 44.2 Å². The highest BCUT2D eigenvalue weighted by Crippen LogP contribution is 2.26. The van der Waals surface area contributed by atoms with Gasteiger partial charge in [0.15, 0.2) is 5.78 Å². The normalized spacial score (nSPS) is 13.2. The third kappa shape index (κ3) is 3.21. The van der Waals surface area contributed by atoms with Gasteiger partial charge in [-0.05, 0) is 61.9 Å². The second-order valence-corrected chi connectivity index (χ2v) is 6.84. The molecule has 2 aromatic carbocycles. The minimum Gasteiger partial charge on any atom is -0.293 e. The number of hydrogen-bond donors (Lipinski definition) is 0. The van der Waals surface area contributed by atoms with Crippen LogP contribution in [-0.2, 0) is 12.8 Å². The van der Waals surface area contributed by atoms with Crippen LogP contribution in [0, 0.1) is 13.8 Å². The monoisotopic (exact) mass is 296 g/mol. The summed E-state index contributed by atoms with van der Waals surface area (Å²) in [6.07, 6.45) is 3.52. The predicted octanol–water partition coefficient (Wildman–Crippen LogP) is 4.77. The van der Waals surface area contributed by atoms with Crippen molar-refractivity contribution in [2.24, 2.45) is 0 Å². The van der Waals surface area contributed by atoms with Crippen molar-refractivity contribution in [2.45, 2.75) is 38.0 Å². The van der Waals surface area contributed by atoms with Gasteiger partial charge in [0.2, 0.25) is 0 Å². The fraction of sp³-hybridized carbons (Fsp3) is 0.316. The van der Waals surface area contributed by atoms with Gasteiger partial charge in [0, 0.05) is 10.5 Å². The molecule has 0 aliphatic heterocycles. The lowest BCUT2D eigenvalue weighted by Gasteiger charge is -2.07. The van der Waals surface area contributed by atoms with Crippen LogP contribution in [0.2, 0.25) is 0 Å². The zero-order valence-electron chi connectivity index (χ0n) is 12.6. The van der Waals surface area contributed by atoms with Crippen molar-refractivity contribution in [3.05, 3.63) is 64.2 Å². The van der Waals surface area contributed by atoms with E-state index in [0.717, 1.165) is 12.0 Å². The third-order valence-corrected chi connectivity index (χ3v) is 5.29. The molecule has 0 spiro atoms. The first-order valence-electron chi connectivity index (χ1n) is 7.48. The van der Waals surface area contributed by atoms with E-state index in [-0.39, 0.29) is 5.78 Å². The molecule has 1 aliphatic rings. The second-order valence-electron chi connectivity index (χ2n) is 5.82. The molecule has 0 N–H and O–H groups in total. The molecule has 0 heterocycles. The van der Waals surface area contributed by atoms with Crippen LogP contribution in [0.1, 0.15) is 39.0 Å². The molecule has 0 radical (unpaired) electrons. The van der Waals surface area contributed by atoms with Crippen LogP contribution in [0.5, 0.6) is 0 Å². The van der Waals surface area contributed by atoms with Crippen molar-refractivity contribution in [1.82, 2.24) is 0 Å². The molecule has 108 valence electrons. The van der Waals surface area contributed by atoms with Crippen molar-refractivity contribution in [1.29, 1.82) is 0 Å². The molecular weight excluding hydrogens is 276 g/mol. The first kappa shape index (κ1) is 14.4. The number of fused-ring (bicyclic) bond motifs is 1. The molecule has 0 aromatic heterocycles. The van der Waals surface area contributed by atoms with Gasteiger partial charge in [0.05, 0.1) is 5.75 Å². The van der Waals surface area contributed by atoms with E-state index in [9.17, 15) is 4.79 Å². The molecule has 0 amide bonds. The Morgan fingerprint density at radius 3 is 2.67 bits per heavy atom. The molecule has 0 saturated carbocycles. The standard InChI is InChI=1S/C19H20OS/c1-13-6-9-19(14(2)10-13)21-12-18(20)17-8-7-15-4-3-5-16(15)11-17/h6-11H,3-5,12H2,1-2H3. The van der Waals surface area contributed by atoms with Gasteiger partial charge < -0.3 is 0 Å². The maximum Gasteiger partial charge on any atom is 0.173 e. The van der Waals surface area contributed by atoms with E-state index in [1.165, 1.54) is 40.0 Å². The summed E-state index contributed by atoms with van der Waals surface area (Å²) in [7, 11) is 0. The van der Waals surface area contributed by atoms with Crippen LogP contribution in [0.3, 0.4) is 0 Å². The number of hydrogen-bond acceptors (Lipinski definition) is 2. The van der Waals surface area contributed by atoms with Gasteiger partial charge in [-0.15, -0.1) is 11.8 Å². The summed E-state index contributed by atoms with van der Waals surface area (Å²) in [6, 6.07) is 12.6. The summed E-state index contributed by atoms with van der Waals surface area (Å²) < 4.78 is 0. The Morgan fingerprint density at radius 1 is 1.05 bits per heavy atom. The summed E-state index contributed by atoms with van der Waals surface area (Å²) in [5, 5.41) is 0. The Hall–Kier alpha value is -1.54. The first-order chi connectivity index (χ1) is 10.1. The van der Waals surface area contributed by atoms with Crippen LogP contribution in [-0.4, -0.2) is 11.5 Å². The van der Waals surface area contributed by atoms with Crippen molar-refractivity contribution >= 4 is 17.5 Å². The van der Waals surface area contributed by atoms with Crippen LogP contribution in [0.25, 0.3) is 0 Å². The molecule has 0 atom stereocenters. The molecule has 1 nitrogen and oxygen atoms in total. The topological polar surface area (TPSA) is 17.1 Å². The first-order valence-corrected chi connectivity index (χ1v) is 8.47. The second kappa shape index (κ2) is 6.07. The molecule has 3 rings (SSSR count). The average molecular weight is 296 g/mol. The predicted molar refractivity (Wildman–Crippen MR) is 89.4 cm³/mol. The molecule has 0 fully saturated rings. The summed E-state index contributed by atoms with van der Waals surface area (Å²) >= 11 is 1.64. The Kier molecular flexibility index (Phi) is 4.16. The average Bonchev–Trinajstić information content (AvgIpc) is 2.93. The summed E-state index contributed by atoms with van der Waals surface area (Å²) in [5.41, 5.74) is 6.18. The van der Waals surface area contributed by atoms with E-state index < -0.39 is 0 Å². The molecular formula is C19H20OS. The number of ketones is 1. The lowest BCUT2D eigenvalue weighted by atomic mass is 10.0. The maximum absolute atomic E-state index is 12.4. The van der Waals surface area contributed by atoms with Crippen LogP contribution in [0.15, 0.2) is 41.3 Å². The van der Waals surface area contributed by atoms with Gasteiger partial charge in [0.25, 0.3) is 0 Å². The molecule has 0 saturated heterocycles. The number of carbonyl (C=O) groups excluding carboxylic acids is 1. The number of carbonyl (C=O) groups is 1. The Balaban J connectivity index is 1.69. The number of rotatable bonds is 4. The Bertz CT molecular complexity index is 688. The Morgan fingerprint density at radius 2 is 1.86 bits per heavy atom. The zero-order valence-corrected chi connectivity index (χ0v) is 13.4. The largest absolute Gasteiger partial charge is 0.293 e. The van der Waals surface area contributed by atoms with Crippen LogP contribution in [0.4, 0.5) is 0 Å². The number of benzene rings is 2. The van der Waals surface area contributed by atoms with E-state index in [1.807, 2.05) is 6.07 Å². The van der Waals surface area contributed by atoms with Gasteiger partial charge in [-0.25, -0.2) is 0 Å². The van der Waals surface area contributed by atoms with Crippen LogP contribution < -0.4 is 0 Å². The lowest BCUT2D eigenvalue weighted by Crippen LogP contribution is -2.03. The number of thioether (sulfide) groups is 1. The van der Waals surface area contributed by atoms with Gasteiger partial charge in [-0.1, -0.05) is 29.8 Å². The maximum atomic E-state index is 12.4. The van der Waals surface area contributed by atoms with Gasteiger partial charge in [0.1, 0.15) is 0 Å². The highest BCUT2D eigenvalue weighted by molar-refractivity contribution is 8.00. The SMILES string of the molecule is Cc1ccc(SCC(=O)c2ccc3c(c2)CCC3)c(C)c1. The Labute approximate surface area is 130 Å². The fourth-order valence-electron chi connectivity index (χ4n) is 2.93. The number of Topliss-reactive ketones (excluding diaryl/α,β-unsaturated/α-hetero) is 1. The van der Waals surface area contributed by atoms with Crippen molar-refractivity contribution in [3.63, 3.8) is 0 Å². The summed E-state index contributed by atoms with van der Waals surface area (Å²) in [6.45, 7) is 4.20. The zero-order chi connectivity index (χ0) is 14.8. The van der Waals surface area contributed by atoms with Crippen molar-refractivity contribution in [2.75, 3.05) is 5.75 Å². The molecule has 0 unspecified atom stereocenters. The molecule has 21 heavy (non-hydrogen) atoms. The molecule has 1 aliphatic carbocycles. The molecule has 2 heteroatoms. The van der Waals surface area contributed by atoms with Crippen molar-refractivity contribution < 1.29 is 4.79 Å². The van der Waals surface area contributed by atoms with E-state index >= 15 is 0 Å². The highest BCUT2D eigenvalue weighted by atomic mass is 32.2. The van der Waals surface area contributed by atoms with Gasteiger partial charge in [-0.3, -0.25) is 4.79 Å². The molecule has 0 bridgehead atoms.